The van der Waals surface area contributed by atoms with Crippen LogP contribution in [0, 0.1) is 6.92 Å². The van der Waals surface area contributed by atoms with Crippen molar-refractivity contribution >= 4 is 11.8 Å². The Balaban J connectivity index is 1.35. The Morgan fingerprint density at radius 3 is 2.50 bits per heavy atom. The largest absolute Gasteiger partial charge is 0.490 e. The number of pyridine rings is 1. The number of piperidine rings is 1. The van der Waals surface area contributed by atoms with Crippen LogP contribution in [0.2, 0.25) is 0 Å². The fraction of sp³-hybridized carbons (Fsp3) is 0.346. The van der Waals surface area contributed by atoms with E-state index in [0.29, 0.717) is 67.7 Å². The highest BCUT2D eigenvalue weighted by atomic mass is 16.5. The smallest absolute Gasteiger partial charge is 0.287 e. The van der Waals surface area contributed by atoms with Crippen molar-refractivity contribution < 1.29 is 23.5 Å². The fourth-order valence-electron chi connectivity index (χ4n) is 3.89. The summed E-state index contributed by atoms with van der Waals surface area (Å²) in [6, 6.07) is 12.5. The first kappa shape index (κ1) is 23.4. The molecule has 0 bridgehead atoms. The predicted octanol–water partition coefficient (Wildman–Crippen LogP) is 4.00. The topological polar surface area (TPSA) is 93.9 Å². The molecule has 1 aliphatic rings. The van der Waals surface area contributed by atoms with Crippen LogP contribution >= 0.6 is 0 Å². The molecule has 1 aromatic carbocycles. The molecule has 1 saturated heterocycles. The third-order valence-electron chi connectivity index (χ3n) is 5.72. The third kappa shape index (κ3) is 5.75. The van der Waals surface area contributed by atoms with E-state index >= 15 is 0 Å². The van der Waals surface area contributed by atoms with Crippen LogP contribution in [0.3, 0.4) is 0 Å². The van der Waals surface area contributed by atoms with Gasteiger partial charge in [-0.25, -0.2) is 0 Å². The van der Waals surface area contributed by atoms with Gasteiger partial charge in [0.05, 0.1) is 6.61 Å². The van der Waals surface area contributed by atoms with Crippen molar-refractivity contribution in [3.63, 3.8) is 0 Å². The summed E-state index contributed by atoms with van der Waals surface area (Å²) in [5.74, 6) is 1.86. The van der Waals surface area contributed by atoms with Crippen LogP contribution in [-0.2, 0) is 6.61 Å². The van der Waals surface area contributed by atoms with Crippen molar-refractivity contribution in [2.75, 3.05) is 19.7 Å². The normalized spacial score (nSPS) is 14.0. The standard InChI is InChI=1S/C26H29N3O5/c1-3-32-24-16-20(5-7-22(24)33-17-19-8-12-27-13-9-19)26(31)29-14-10-21(11-15-29)28-25(30)23-6-4-18(2)34-23/h4-9,12-13,16,21H,3,10-11,14-15,17H2,1-2H3,(H,28,30). The summed E-state index contributed by atoms with van der Waals surface area (Å²) in [7, 11) is 0. The van der Waals surface area contributed by atoms with Gasteiger partial charge in [0.25, 0.3) is 11.8 Å². The summed E-state index contributed by atoms with van der Waals surface area (Å²) in [4.78, 5) is 31.3. The molecule has 0 spiro atoms. The Morgan fingerprint density at radius 2 is 1.82 bits per heavy atom. The molecule has 8 nitrogen and oxygen atoms in total. The van der Waals surface area contributed by atoms with E-state index in [4.69, 9.17) is 13.9 Å². The molecule has 2 amide bonds. The van der Waals surface area contributed by atoms with Crippen molar-refractivity contribution in [1.82, 2.24) is 15.2 Å². The lowest BCUT2D eigenvalue weighted by Gasteiger charge is -2.32. The van der Waals surface area contributed by atoms with Gasteiger partial charge >= 0.3 is 0 Å². The second-order valence-corrected chi connectivity index (χ2v) is 8.19. The molecule has 34 heavy (non-hydrogen) atoms. The maximum absolute atomic E-state index is 13.1. The number of carbonyl (C=O) groups is 2. The van der Waals surface area contributed by atoms with Crippen molar-refractivity contribution in [2.24, 2.45) is 0 Å². The number of likely N-dealkylation sites (tertiary alicyclic amines) is 1. The number of furan rings is 1. The lowest BCUT2D eigenvalue weighted by molar-refractivity contribution is 0.0695. The lowest BCUT2D eigenvalue weighted by Crippen LogP contribution is -2.46. The van der Waals surface area contributed by atoms with E-state index in [2.05, 4.69) is 10.3 Å². The van der Waals surface area contributed by atoms with Crippen molar-refractivity contribution in [3.05, 3.63) is 77.5 Å². The molecule has 3 heterocycles. The van der Waals surface area contributed by atoms with E-state index in [9.17, 15) is 9.59 Å². The number of amides is 2. The Labute approximate surface area is 198 Å². The zero-order valence-electron chi connectivity index (χ0n) is 19.5. The zero-order valence-corrected chi connectivity index (χ0v) is 19.5. The monoisotopic (exact) mass is 463 g/mol. The Bertz CT molecular complexity index is 1120. The molecule has 0 atom stereocenters. The molecule has 178 valence electrons. The fourth-order valence-corrected chi connectivity index (χ4v) is 3.89. The molecule has 8 heteroatoms. The molecule has 0 unspecified atom stereocenters. The van der Waals surface area contributed by atoms with Crippen LogP contribution < -0.4 is 14.8 Å². The molecule has 1 fully saturated rings. The van der Waals surface area contributed by atoms with Crippen LogP contribution in [0.5, 0.6) is 11.5 Å². The second kappa shape index (κ2) is 10.9. The van der Waals surface area contributed by atoms with Gasteiger partial charge in [0.2, 0.25) is 0 Å². The number of benzene rings is 1. The van der Waals surface area contributed by atoms with Crippen molar-refractivity contribution in [1.29, 1.82) is 0 Å². The first-order valence-corrected chi connectivity index (χ1v) is 11.5. The summed E-state index contributed by atoms with van der Waals surface area (Å²) in [6.45, 7) is 5.66. The number of hydrogen-bond acceptors (Lipinski definition) is 6. The number of carbonyl (C=O) groups excluding carboxylic acids is 2. The summed E-state index contributed by atoms with van der Waals surface area (Å²) in [5, 5.41) is 3.00. The van der Waals surface area contributed by atoms with Crippen LogP contribution in [0.4, 0.5) is 0 Å². The maximum atomic E-state index is 13.1. The minimum absolute atomic E-state index is 0.00454. The Morgan fingerprint density at radius 1 is 1.06 bits per heavy atom. The quantitative estimate of drug-likeness (QED) is 0.543. The highest BCUT2D eigenvalue weighted by Gasteiger charge is 2.26. The maximum Gasteiger partial charge on any atom is 0.287 e. The molecule has 2 aromatic heterocycles. The number of rotatable bonds is 8. The number of aromatic nitrogens is 1. The van der Waals surface area contributed by atoms with E-state index in [1.807, 2.05) is 24.0 Å². The second-order valence-electron chi connectivity index (χ2n) is 8.19. The van der Waals surface area contributed by atoms with Gasteiger partial charge in [0.1, 0.15) is 12.4 Å². The molecule has 0 radical (unpaired) electrons. The molecular weight excluding hydrogens is 434 g/mol. The molecular formula is C26H29N3O5. The SMILES string of the molecule is CCOc1cc(C(=O)N2CCC(NC(=O)c3ccc(C)o3)CC2)ccc1OCc1ccncc1. The van der Waals surface area contributed by atoms with Gasteiger partial charge in [-0.3, -0.25) is 14.6 Å². The Hall–Kier alpha value is -3.81. The van der Waals surface area contributed by atoms with Gasteiger partial charge in [0, 0.05) is 37.1 Å². The van der Waals surface area contributed by atoms with E-state index < -0.39 is 0 Å². The van der Waals surface area contributed by atoms with Crippen LogP contribution in [0.15, 0.2) is 59.3 Å². The zero-order chi connectivity index (χ0) is 23.9. The summed E-state index contributed by atoms with van der Waals surface area (Å²) in [6.07, 6.45) is 4.80. The van der Waals surface area contributed by atoms with Gasteiger partial charge in [0.15, 0.2) is 17.3 Å². The van der Waals surface area contributed by atoms with Crippen LogP contribution in [-0.4, -0.2) is 47.4 Å². The molecule has 4 rings (SSSR count). The average Bonchev–Trinajstić information content (AvgIpc) is 3.30. The highest BCUT2D eigenvalue weighted by molar-refractivity contribution is 5.95. The lowest BCUT2D eigenvalue weighted by atomic mass is 10.0. The molecule has 1 aliphatic heterocycles. The number of ether oxygens (including phenoxy) is 2. The van der Waals surface area contributed by atoms with E-state index in [-0.39, 0.29) is 17.9 Å². The minimum atomic E-state index is -0.221. The number of nitrogens with one attached hydrogen (secondary N) is 1. The summed E-state index contributed by atoms with van der Waals surface area (Å²) >= 11 is 0. The summed E-state index contributed by atoms with van der Waals surface area (Å²) in [5.41, 5.74) is 1.54. The van der Waals surface area contributed by atoms with E-state index in [1.165, 1.54) is 0 Å². The first-order chi connectivity index (χ1) is 16.5. The van der Waals surface area contributed by atoms with Gasteiger partial charge in [-0.2, -0.15) is 0 Å². The first-order valence-electron chi connectivity index (χ1n) is 11.5. The minimum Gasteiger partial charge on any atom is -0.490 e. The van der Waals surface area contributed by atoms with Gasteiger partial charge < -0.3 is 24.1 Å². The van der Waals surface area contributed by atoms with Crippen LogP contribution in [0.1, 0.15) is 52.0 Å². The van der Waals surface area contributed by atoms with Gasteiger partial charge in [-0.15, -0.1) is 0 Å². The van der Waals surface area contributed by atoms with E-state index in [1.54, 1.807) is 49.6 Å². The predicted molar refractivity (Wildman–Crippen MR) is 126 cm³/mol. The molecule has 3 aromatic rings. The van der Waals surface area contributed by atoms with Gasteiger partial charge in [-0.1, -0.05) is 0 Å². The average molecular weight is 464 g/mol. The van der Waals surface area contributed by atoms with Crippen molar-refractivity contribution in [2.45, 2.75) is 39.3 Å². The summed E-state index contributed by atoms with van der Waals surface area (Å²) < 4.78 is 17.0. The number of hydrogen-bond donors (Lipinski definition) is 1. The van der Waals surface area contributed by atoms with E-state index in [0.717, 1.165) is 5.56 Å². The molecule has 0 aliphatic carbocycles. The molecule has 0 saturated carbocycles. The molecule has 1 N–H and O–H groups in total. The number of nitrogens with zero attached hydrogens (tertiary/aromatic N) is 2. The highest BCUT2D eigenvalue weighted by Crippen LogP contribution is 2.30. The van der Waals surface area contributed by atoms with Gasteiger partial charge in [-0.05, 0) is 74.7 Å². The Kier molecular flexibility index (Phi) is 7.47. The van der Waals surface area contributed by atoms with Crippen LogP contribution in [0.25, 0.3) is 0 Å². The third-order valence-corrected chi connectivity index (χ3v) is 5.72. The number of aryl methyl sites for hydroxylation is 1. The van der Waals surface area contributed by atoms with Crippen molar-refractivity contribution in [3.8, 4) is 11.5 Å².